The molecule has 2 aromatic carbocycles. The van der Waals surface area contributed by atoms with Gasteiger partial charge in [-0.3, -0.25) is 4.79 Å². The van der Waals surface area contributed by atoms with Crippen molar-refractivity contribution in [3.05, 3.63) is 65.2 Å². The number of hydrogen-bond acceptors (Lipinski definition) is 6. The first kappa shape index (κ1) is 32.6. The van der Waals surface area contributed by atoms with Gasteiger partial charge in [0.05, 0.1) is 28.7 Å². The van der Waals surface area contributed by atoms with Crippen molar-refractivity contribution in [1.82, 2.24) is 5.32 Å². The zero-order chi connectivity index (χ0) is 32.0. The van der Waals surface area contributed by atoms with Crippen LogP contribution >= 0.6 is 11.8 Å². The van der Waals surface area contributed by atoms with Gasteiger partial charge in [0.25, 0.3) is 5.91 Å². The van der Waals surface area contributed by atoms with E-state index in [0.717, 1.165) is 16.7 Å². The summed E-state index contributed by atoms with van der Waals surface area (Å²) in [6, 6.07) is 6.93. The smallest absolute Gasteiger partial charge is 0.416 e. The average Bonchev–Trinajstić information content (AvgIpc) is 3.32. The van der Waals surface area contributed by atoms with E-state index in [1.54, 1.807) is 51.1 Å². The monoisotopic (exact) mass is 651 g/mol. The quantitative estimate of drug-likeness (QED) is 0.428. The third-order valence-corrected chi connectivity index (χ3v) is 9.60. The number of aliphatic imine (C=N–C) groups is 1. The van der Waals surface area contributed by atoms with Crippen LogP contribution in [-0.4, -0.2) is 60.0 Å². The van der Waals surface area contributed by atoms with Crippen molar-refractivity contribution < 1.29 is 49.1 Å². The highest BCUT2D eigenvalue weighted by molar-refractivity contribution is 8.16. The van der Waals surface area contributed by atoms with Gasteiger partial charge in [0.15, 0.2) is 15.0 Å². The standard InChI is InChI=1S/C27H27F6N3O5S2/c1-25(2,3)41-24(38)34-19(9-15-7-5-4-6-8-15)22(37)35-23-36(20-13-43(39,40)14-21(20)42-23)18-11-16(26(28,29)30)10-17(12-18)27(31,32)33/h4-8,10-12,19-21H,9,13-14H2,1-3H3,(H,34,38)/t19-,20+,21-/m1/s1. The third-order valence-electron chi connectivity index (χ3n) is 6.39. The van der Waals surface area contributed by atoms with Crippen molar-refractivity contribution in [2.45, 2.75) is 62.5 Å². The number of nitrogens with one attached hydrogen (secondary N) is 1. The third kappa shape index (κ3) is 8.22. The Morgan fingerprint density at radius 2 is 1.58 bits per heavy atom. The second-order valence-electron chi connectivity index (χ2n) is 11.1. The number of alkyl carbamates (subject to hydrolysis) is 1. The van der Waals surface area contributed by atoms with Crippen LogP contribution in [0.5, 0.6) is 0 Å². The predicted molar refractivity (Wildman–Crippen MR) is 148 cm³/mol. The van der Waals surface area contributed by atoms with Crippen LogP contribution in [0.4, 0.5) is 36.8 Å². The minimum Gasteiger partial charge on any atom is -0.444 e. The van der Waals surface area contributed by atoms with Crippen LogP contribution < -0.4 is 10.2 Å². The molecule has 16 heteroatoms. The molecule has 2 aliphatic rings. The van der Waals surface area contributed by atoms with Crippen molar-refractivity contribution in [1.29, 1.82) is 0 Å². The molecule has 234 valence electrons. The van der Waals surface area contributed by atoms with Gasteiger partial charge in [-0.1, -0.05) is 42.1 Å². The van der Waals surface area contributed by atoms with E-state index in [1.165, 1.54) is 0 Å². The first-order valence-corrected chi connectivity index (χ1v) is 15.5. The van der Waals surface area contributed by atoms with Gasteiger partial charge in [-0.05, 0) is 44.5 Å². The highest BCUT2D eigenvalue weighted by atomic mass is 32.2. The number of ether oxygens (including phenoxy) is 1. The van der Waals surface area contributed by atoms with Crippen LogP contribution in [0.25, 0.3) is 0 Å². The number of rotatable bonds is 5. The lowest BCUT2D eigenvalue weighted by atomic mass is 10.1. The Bertz CT molecular complexity index is 1490. The van der Waals surface area contributed by atoms with E-state index in [0.29, 0.717) is 17.7 Å². The summed E-state index contributed by atoms with van der Waals surface area (Å²) < 4.78 is 112. The number of carbonyl (C=O) groups is 2. The minimum absolute atomic E-state index is 0.0435. The molecule has 2 aliphatic heterocycles. The molecule has 0 radical (unpaired) electrons. The molecule has 0 spiro atoms. The molecule has 2 aromatic rings. The van der Waals surface area contributed by atoms with Crippen molar-refractivity contribution in [2.75, 3.05) is 16.4 Å². The van der Waals surface area contributed by atoms with Gasteiger partial charge in [0.2, 0.25) is 0 Å². The van der Waals surface area contributed by atoms with Crippen LogP contribution in [0.2, 0.25) is 0 Å². The van der Waals surface area contributed by atoms with Crippen LogP contribution in [-0.2, 0) is 38.1 Å². The Hall–Kier alpha value is -3.27. The molecule has 43 heavy (non-hydrogen) atoms. The lowest BCUT2D eigenvalue weighted by molar-refractivity contribution is -0.143. The maximum absolute atomic E-state index is 13.6. The predicted octanol–water partition coefficient (Wildman–Crippen LogP) is 5.46. The SMILES string of the molecule is CC(C)(C)OC(=O)N[C@H](Cc1ccccc1)C(=O)N=C1S[C@@H]2CS(=O)(=O)C[C@@H]2N1c1cc(C(F)(F)F)cc(C(F)(F)F)c1. The number of amidine groups is 1. The summed E-state index contributed by atoms with van der Waals surface area (Å²) in [6.45, 7) is 4.81. The zero-order valence-corrected chi connectivity index (χ0v) is 24.6. The van der Waals surface area contributed by atoms with E-state index in [9.17, 15) is 44.3 Å². The second kappa shape index (κ2) is 11.7. The van der Waals surface area contributed by atoms with E-state index >= 15 is 0 Å². The molecule has 2 saturated heterocycles. The summed E-state index contributed by atoms with van der Waals surface area (Å²) in [5.74, 6) is -1.95. The number of halogens is 6. The van der Waals surface area contributed by atoms with Gasteiger partial charge in [-0.15, -0.1) is 0 Å². The molecule has 0 aromatic heterocycles. The van der Waals surface area contributed by atoms with Gasteiger partial charge >= 0.3 is 18.4 Å². The van der Waals surface area contributed by atoms with Crippen molar-refractivity contribution in [3.8, 4) is 0 Å². The minimum atomic E-state index is -5.16. The molecule has 2 fully saturated rings. The molecule has 0 aliphatic carbocycles. The highest BCUT2D eigenvalue weighted by Gasteiger charge is 2.50. The number of anilines is 1. The normalized spacial score (nSPS) is 21.9. The molecular formula is C27H27F6N3O5S2. The lowest BCUT2D eigenvalue weighted by Crippen LogP contribution is -2.45. The summed E-state index contributed by atoms with van der Waals surface area (Å²) in [4.78, 5) is 31.0. The first-order chi connectivity index (χ1) is 19.7. The van der Waals surface area contributed by atoms with Crippen LogP contribution in [0.15, 0.2) is 53.5 Å². The van der Waals surface area contributed by atoms with Crippen molar-refractivity contribution >= 4 is 44.5 Å². The molecule has 8 nitrogen and oxygen atoms in total. The molecule has 2 amide bonds. The number of alkyl halides is 6. The topological polar surface area (TPSA) is 105 Å². The molecule has 1 N–H and O–H groups in total. The number of benzene rings is 2. The molecule has 4 rings (SSSR count). The molecule has 0 saturated carbocycles. The lowest BCUT2D eigenvalue weighted by Gasteiger charge is -2.27. The van der Waals surface area contributed by atoms with Crippen LogP contribution in [0.3, 0.4) is 0 Å². The Morgan fingerprint density at radius 1 is 1.00 bits per heavy atom. The van der Waals surface area contributed by atoms with Crippen LogP contribution in [0, 0.1) is 0 Å². The van der Waals surface area contributed by atoms with E-state index in [-0.39, 0.29) is 17.7 Å². The van der Waals surface area contributed by atoms with E-state index in [2.05, 4.69) is 10.3 Å². The fourth-order valence-corrected chi connectivity index (χ4v) is 8.54. The Labute approximate surface area is 247 Å². The maximum Gasteiger partial charge on any atom is 0.416 e. The Morgan fingerprint density at radius 3 is 2.12 bits per heavy atom. The molecule has 3 atom stereocenters. The number of carbonyl (C=O) groups excluding carboxylic acids is 2. The summed E-state index contributed by atoms with van der Waals surface area (Å²) in [5.41, 5.74) is -4.14. The Kier molecular flexibility index (Phi) is 8.86. The molecule has 0 bridgehead atoms. The van der Waals surface area contributed by atoms with Crippen molar-refractivity contribution in [2.24, 2.45) is 4.99 Å². The fraction of sp³-hybridized carbons (Fsp3) is 0.444. The number of thioether (sulfide) groups is 1. The van der Waals surface area contributed by atoms with Crippen LogP contribution in [0.1, 0.15) is 37.5 Å². The summed E-state index contributed by atoms with van der Waals surface area (Å²) in [6.07, 6.45) is -11.3. The van der Waals surface area contributed by atoms with E-state index < -0.39 is 85.4 Å². The molecule has 2 heterocycles. The van der Waals surface area contributed by atoms with Gasteiger partial charge < -0.3 is 15.0 Å². The summed E-state index contributed by atoms with van der Waals surface area (Å²) >= 11 is 0.764. The highest BCUT2D eigenvalue weighted by Crippen LogP contribution is 2.44. The molecular weight excluding hydrogens is 624 g/mol. The van der Waals surface area contributed by atoms with Gasteiger partial charge in [0, 0.05) is 17.4 Å². The molecule has 0 unspecified atom stereocenters. The maximum atomic E-state index is 13.6. The second-order valence-corrected chi connectivity index (χ2v) is 14.4. The van der Waals surface area contributed by atoms with E-state index in [4.69, 9.17) is 4.74 Å². The number of nitrogens with zero attached hydrogens (tertiary/aromatic N) is 2. The number of hydrogen-bond donors (Lipinski definition) is 1. The summed E-state index contributed by atoms with van der Waals surface area (Å²) in [7, 11) is -3.69. The van der Waals surface area contributed by atoms with E-state index in [1.807, 2.05) is 0 Å². The fourth-order valence-electron chi connectivity index (χ4n) is 4.62. The zero-order valence-electron chi connectivity index (χ0n) is 23.0. The van der Waals surface area contributed by atoms with Crippen molar-refractivity contribution in [3.63, 3.8) is 0 Å². The average molecular weight is 652 g/mol. The number of fused-ring (bicyclic) bond motifs is 1. The van der Waals surface area contributed by atoms with Gasteiger partial charge in [-0.2, -0.15) is 31.3 Å². The first-order valence-electron chi connectivity index (χ1n) is 12.8. The van der Waals surface area contributed by atoms with Gasteiger partial charge in [-0.25, -0.2) is 13.2 Å². The number of sulfone groups is 1. The largest absolute Gasteiger partial charge is 0.444 e. The number of amides is 2. The summed E-state index contributed by atoms with van der Waals surface area (Å²) in [5, 5.41) is 1.33. The Balaban J connectivity index is 1.78. The van der Waals surface area contributed by atoms with Gasteiger partial charge in [0.1, 0.15) is 11.6 Å².